The fraction of sp³-hybridized carbons (Fsp3) is 0.458. The number of nitrogens with zero attached hydrogens (tertiary/aromatic N) is 3. The molecule has 0 aromatic carbocycles. The third-order valence-corrected chi connectivity index (χ3v) is 5.39. The van der Waals surface area contributed by atoms with Crippen molar-refractivity contribution in [1.29, 1.82) is 5.41 Å². The molecule has 1 aliphatic rings. The van der Waals surface area contributed by atoms with Gasteiger partial charge < -0.3 is 20.8 Å². The number of ether oxygens (including phenoxy) is 1. The maximum Gasteiger partial charge on any atom is 0.312 e. The lowest BCUT2D eigenvalue weighted by Gasteiger charge is -2.17. The van der Waals surface area contributed by atoms with Crippen molar-refractivity contribution in [2.24, 2.45) is 0 Å². The topological polar surface area (TPSA) is 117 Å². The van der Waals surface area contributed by atoms with Crippen molar-refractivity contribution in [2.75, 3.05) is 18.5 Å². The van der Waals surface area contributed by atoms with Crippen LogP contribution >= 0.6 is 0 Å². The van der Waals surface area contributed by atoms with Gasteiger partial charge in [-0.05, 0) is 57.6 Å². The van der Waals surface area contributed by atoms with Crippen molar-refractivity contribution in [2.45, 2.75) is 58.4 Å². The van der Waals surface area contributed by atoms with Crippen LogP contribution in [0.15, 0.2) is 36.8 Å². The average molecular weight is 438 g/mol. The van der Waals surface area contributed by atoms with Crippen molar-refractivity contribution in [3.05, 3.63) is 59.4 Å². The number of pyridine rings is 1. The van der Waals surface area contributed by atoms with E-state index in [-0.39, 0.29) is 18.4 Å². The smallest absolute Gasteiger partial charge is 0.312 e. The van der Waals surface area contributed by atoms with Gasteiger partial charge in [-0.25, -0.2) is 15.0 Å². The summed E-state index contributed by atoms with van der Waals surface area (Å²) in [6.07, 6.45) is 12.0. The Kier molecular flexibility index (Phi) is 8.86. The number of quaternary nitrogens is 1. The third kappa shape index (κ3) is 7.23. The number of fused-ring (bicyclic) bond motifs is 1. The molecule has 3 heterocycles. The maximum absolute atomic E-state index is 12.0. The predicted molar refractivity (Wildman–Crippen MR) is 124 cm³/mol. The molecule has 1 aliphatic heterocycles. The molecule has 2 aromatic heterocycles. The molecule has 2 aromatic rings. The quantitative estimate of drug-likeness (QED) is 0.367. The van der Waals surface area contributed by atoms with Gasteiger partial charge in [0.2, 0.25) is 0 Å². The molecule has 8 heteroatoms. The molecule has 1 atom stereocenters. The van der Waals surface area contributed by atoms with Gasteiger partial charge in [-0.15, -0.1) is 0 Å². The number of allylic oxidation sites excluding steroid dienone is 1. The van der Waals surface area contributed by atoms with E-state index in [2.05, 4.69) is 27.4 Å². The fourth-order valence-electron chi connectivity index (χ4n) is 3.65. The van der Waals surface area contributed by atoms with Gasteiger partial charge in [0.1, 0.15) is 24.1 Å². The Morgan fingerprint density at radius 1 is 1.34 bits per heavy atom. The zero-order chi connectivity index (χ0) is 22.8. The van der Waals surface area contributed by atoms with Crippen molar-refractivity contribution in [1.82, 2.24) is 15.0 Å². The van der Waals surface area contributed by atoms with E-state index in [9.17, 15) is 4.79 Å². The first-order valence-corrected chi connectivity index (χ1v) is 11.3. The number of hydrogen-bond acceptors (Lipinski definition) is 7. The van der Waals surface area contributed by atoms with Crippen LogP contribution in [0, 0.1) is 12.3 Å². The second kappa shape index (κ2) is 12.0. The van der Waals surface area contributed by atoms with Gasteiger partial charge >= 0.3 is 5.97 Å². The minimum absolute atomic E-state index is 0.189. The first kappa shape index (κ1) is 23.5. The van der Waals surface area contributed by atoms with Gasteiger partial charge in [-0.3, -0.25) is 4.79 Å². The van der Waals surface area contributed by atoms with E-state index in [4.69, 9.17) is 15.1 Å². The third-order valence-electron chi connectivity index (χ3n) is 5.39. The number of anilines is 1. The number of carbonyl (C=O) groups is 1. The summed E-state index contributed by atoms with van der Waals surface area (Å²) < 4.78 is 5.10. The minimum Gasteiger partial charge on any atom is -0.466 e. The maximum atomic E-state index is 12.0. The van der Waals surface area contributed by atoms with Crippen LogP contribution in [0.2, 0.25) is 0 Å². The molecular weight excluding hydrogens is 404 g/mol. The van der Waals surface area contributed by atoms with Crippen LogP contribution in [-0.4, -0.2) is 39.8 Å². The lowest BCUT2D eigenvalue weighted by atomic mass is 10.1. The Labute approximate surface area is 189 Å². The highest BCUT2D eigenvalue weighted by molar-refractivity contribution is 5.91. The van der Waals surface area contributed by atoms with E-state index in [1.54, 1.807) is 25.4 Å². The van der Waals surface area contributed by atoms with Crippen molar-refractivity contribution in [3.63, 3.8) is 0 Å². The summed E-state index contributed by atoms with van der Waals surface area (Å²) >= 11 is 0. The molecule has 0 spiro atoms. The van der Waals surface area contributed by atoms with Crippen molar-refractivity contribution < 1.29 is 14.8 Å². The summed E-state index contributed by atoms with van der Waals surface area (Å²) in [6, 6.07) is 4.08. The number of rotatable bonds is 11. The van der Waals surface area contributed by atoms with Crippen molar-refractivity contribution >= 4 is 17.5 Å². The molecule has 0 fully saturated rings. The fourth-order valence-corrected chi connectivity index (χ4v) is 3.65. The second-order valence-corrected chi connectivity index (χ2v) is 7.95. The first-order chi connectivity index (χ1) is 15.5. The molecule has 0 bridgehead atoms. The van der Waals surface area contributed by atoms with Gasteiger partial charge in [0.05, 0.1) is 12.8 Å². The van der Waals surface area contributed by atoms with E-state index in [0.717, 1.165) is 49.3 Å². The molecule has 0 saturated carbocycles. The number of esters is 1. The highest BCUT2D eigenvalue weighted by Crippen LogP contribution is 2.20. The molecule has 170 valence electrons. The number of nitrogens with two attached hydrogens (primary N) is 1. The van der Waals surface area contributed by atoms with Crippen LogP contribution in [0.5, 0.6) is 0 Å². The highest BCUT2D eigenvalue weighted by Gasteiger charge is 2.20. The monoisotopic (exact) mass is 437 g/mol. The molecular formula is C24H33N6O2+. The Bertz CT molecular complexity index is 942. The van der Waals surface area contributed by atoms with Gasteiger partial charge in [0, 0.05) is 42.0 Å². The van der Waals surface area contributed by atoms with E-state index >= 15 is 0 Å². The first-order valence-electron chi connectivity index (χ1n) is 11.3. The summed E-state index contributed by atoms with van der Waals surface area (Å²) in [5, 5.41) is 13.5. The zero-order valence-corrected chi connectivity index (χ0v) is 18.9. The number of nitrogens with one attached hydrogen (secondary N) is 2. The lowest BCUT2D eigenvalue weighted by Crippen LogP contribution is -2.79. The highest BCUT2D eigenvalue weighted by atomic mass is 16.5. The van der Waals surface area contributed by atoms with Crippen LogP contribution in [0.25, 0.3) is 0 Å². The number of hydrogen-bond donors (Lipinski definition) is 3. The van der Waals surface area contributed by atoms with Gasteiger partial charge in [0.15, 0.2) is 0 Å². The average Bonchev–Trinajstić information content (AvgIpc) is 2.79. The number of aryl methyl sites for hydroxylation is 3. The predicted octanol–water partition coefficient (Wildman–Crippen LogP) is 2.65. The molecule has 3 rings (SSSR count). The standard InChI is InChI=1S/C24H32N6O2/c1-3-32-23(31)14-22(19-15-28-17(2)29-16-19)26-13-11-20(25)7-4-8-21-10-9-18-6-5-12-27-24(18)30-21/h9-11,13,15-16,22,25-26H,3-8,12,14H2,1-2H3,(H,27,30)/p+1/b13-11-,25-20?. The molecule has 4 N–H and O–H groups in total. The molecule has 0 amide bonds. The van der Waals surface area contributed by atoms with E-state index in [0.29, 0.717) is 24.6 Å². The normalized spacial score (nSPS) is 13.9. The molecule has 8 nitrogen and oxygen atoms in total. The summed E-state index contributed by atoms with van der Waals surface area (Å²) in [5.41, 5.74) is 3.76. The van der Waals surface area contributed by atoms with E-state index < -0.39 is 0 Å². The molecule has 1 unspecified atom stereocenters. The van der Waals surface area contributed by atoms with Crippen molar-refractivity contribution in [3.8, 4) is 0 Å². The van der Waals surface area contributed by atoms with E-state index in [1.807, 2.05) is 18.4 Å². The van der Waals surface area contributed by atoms with Crippen LogP contribution in [-0.2, 0) is 22.4 Å². The summed E-state index contributed by atoms with van der Waals surface area (Å²) in [7, 11) is 0. The number of aromatic nitrogens is 3. The van der Waals surface area contributed by atoms with Crippen LogP contribution < -0.4 is 10.6 Å². The molecule has 32 heavy (non-hydrogen) atoms. The van der Waals surface area contributed by atoms with E-state index in [1.165, 1.54) is 5.56 Å². The Morgan fingerprint density at radius 2 is 2.16 bits per heavy atom. The lowest BCUT2D eigenvalue weighted by molar-refractivity contribution is -0.632. The number of carbonyl (C=O) groups excluding carboxylic acids is 1. The van der Waals surface area contributed by atoms with Crippen LogP contribution in [0.4, 0.5) is 5.82 Å². The van der Waals surface area contributed by atoms with Crippen LogP contribution in [0.3, 0.4) is 0 Å². The minimum atomic E-state index is -0.259. The van der Waals surface area contributed by atoms with Crippen LogP contribution in [0.1, 0.15) is 61.3 Å². The summed E-state index contributed by atoms with van der Waals surface area (Å²) in [4.78, 5) is 25.2. The van der Waals surface area contributed by atoms with Gasteiger partial charge in [0.25, 0.3) is 0 Å². The largest absolute Gasteiger partial charge is 0.466 e. The zero-order valence-electron chi connectivity index (χ0n) is 18.9. The summed E-state index contributed by atoms with van der Waals surface area (Å²) in [5.74, 6) is 1.45. The molecule has 0 aliphatic carbocycles. The van der Waals surface area contributed by atoms with Gasteiger partial charge in [-0.2, -0.15) is 0 Å². The summed E-state index contributed by atoms with van der Waals surface area (Å²) in [6.45, 7) is 4.96. The second-order valence-electron chi connectivity index (χ2n) is 7.95. The molecule has 0 radical (unpaired) electrons. The van der Waals surface area contributed by atoms with Gasteiger partial charge in [-0.1, -0.05) is 6.07 Å². The SMILES string of the molecule is CCOC(=O)CC([NH2+]/C=C\C(=N)CCCc1ccc2c(n1)NCCC2)c1cnc(C)nc1. The Hall–Kier alpha value is -3.13. The molecule has 0 saturated heterocycles. The Balaban J connectivity index is 1.49. The Morgan fingerprint density at radius 3 is 2.94 bits per heavy atom.